The van der Waals surface area contributed by atoms with Gasteiger partial charge in [-0.2, -0.15) is 0 Å². The second-order valence-electron chi connectivity index (χ2n) is 3.99. The fraction of sp³-hybridized carbons (Fsp3) is 0.333. The molecule has 1 aromatic rings. The minimum Gasteiger partial charge on any atom is -0.326 e. The number of nitrogens with two attached hydrogens (primary N) is 1. The van der Waals surface area contributed by atoms with E-state index in [1.165, 1.54) is 0 Å². The lowest BCUT2D eigenvalue weighted by atomic mass is 10.0. The van der Waals surface area contributed by atoms with E-state index in [0.29, 0.717) is 13.0 Å². The summed E-state index contributed by atoms with van der Waals surface area (Å²) >= 11 is 0. The maximum Gasteiger partial charge on any atom is 0.154 e. The monoisotopic (exact) mass is 237 g/mol. The van der Waals surface area contributed by atoms with Crippen LogP contribution in [0.1, 0.15) is 17.5 Å². The summed E-state index contributed by atoms with van der Waals surface area (Å²) in [6.45, 7) is 0.535. The first-order valence-corrected chi connectivity index (χ1v) is 7.12. The third-order valence-corrected chi connectivity index (χ3v) is 4.33. The van der Waals surface area contributed by atoms with Crippen molar-refractivity contribution in [2.24, 2.45) is 5.73 Å². The zero-order valence-corrected chi connectivity index (χ0v) is 9.83. The van der Waals surface area contributed by atoms with Gasteiger partial charge in [-0.25, -0.2) is 8.42 Å². The molecule has 0 bridgehead atoms. The fourth-order valence-electron chi connectivity index (χ4n) is 1.80. The van der Waals surface area contributed by atoms with Gasteiger partial charge in [-0.15, -0.1) is 0 Å². The first-order chi connectivity index (χ1) is 7.61. The van der Waals surface area contributed by atoms with Gasteiger partial charge in [0.15, 0.2) is 9.84 Å². The lowest BCUT2D eigenvalue weighted by molar-refractivity contribution is 0.598. The van der Waals surface area contributed by atoms with Crippen molar-refractivity contribution >= 4 is 15.4 Å². The maximum absolute atomic E-state index is 11.3. The van der Waals surface area contributed by atoms with Gasteiger partial charge in [-0.05, 0) is 23.1 Å². The number of rotatable bonds is 2. The van der Waals surface area contributed by atoms with Crippen LogP contribution in [0.5, 0.6) is 0 Å². The van der Waals surface area contributed by atoms with E-state index in [-0.39, 0.29) is 11.5 Å². The molecular weight excluding hydrogens is 222 g/mol. The maximum atomic E-state index is 11.3. The number of benzene rings is 1. The predicted octanol–water partition coefficient (Wildman–Crippen LogP) is 1.35. The lowest BCUT2D eigenvalue weighted by Gasteiger charge is -2.13. The Morgan fingerprint density at radius 1 is 1.19 bits per heavy atom. The summed E-state index contributed by atoms with van der Waals surface area (Å²) in [5.74, 6) is 0.429. The van der Waals surface area contributed by atoms with Crippen molar-refractivity contribution in [1.29, 1.82) is 0 Å². The second kappa shape index (κ2) is 4.39. The van der Waals surface area contributed by atoms with Crippen molar-refractivity contribution in [2.45, 2.75) is 13.0 Å². The van der Waals surface area contributed by atoms with Gasteiger partial charge in [0.2, 0.25) is 0 Å². The van der Waals surface area contributed by atoms with E-state index in [0.717, 1.165) is 16.7 Å². The van der Waals surface area contributed by atoms with Crippen molar-refractivity contribution in [3.05, 3.63) is 41.5 Å². The predicted molar refractivity (Wildman–Crippen MR) is 65.6 cm³/mol. The molecule has 86 valence electrons. The molecule has 0 radical (unpaired) electrons. The van der Waals surface area contributed by atoms with Crippen LogP contribution in [0.2, 0.25) is 0 Å². The molecule has 1 heterocycles. The van der Waals surface area contributed by atoms with E-state index < -0.39 is 9.84 Å². The van der Waals surface area contributed by atoms with Crippen molar-refractivity contribution in [3.63, 3.8) is 0 Å². The summed E-state index contributed by atoms with van der Waals surface area (Å²) in [6.07, 6.45) is 2.43. The Kier molecular flexibility index (Phi) is 3.12. The summed E-state index contributed by atoms with van der Waals surface area (Å²) < 4.78 is 22.5. The molecule has 0 saturated heterocycles. The zero-order chi connectivity index (χ0) is 11.6. The SMILES string of the molecule is NCc1ccc(C2=CCS(=O)(=O)CC2)cc1. The first kappa shape index (κ1) is 11.4. The third kappa shape index (κ3) is 2.51. The Hall–Kier alpha value is -1.13. The molecule has 16 heavy (non-hydrogen) atoms. The van der Waals surface area contributed by atoms with E-state index in [2.05, 4.69) is 0 Å². The highest BCUT2D eigenvalue weighted by Gasteiger charge is 2.17. The Bertz CT molecular complexity index is 500. The quantitative estimate of drug-likeness (QED) is 0.844. The normalized spacial score (nSPS) is 19.2. The Labute approximate surface area is 95.9 Å². The molecule has 1 aliphatic heterocycles. The standard InChI is InChI=1S/C12H15NO2S/c13-9-10-1-3-11(4-2-10)12-5-7-16(14,15)8-6-12/h1-5H,6-9,13H2. The largest absolute Gasteiger partial charge is 0.326 e. The van der Waals surface area contributed by atoms with Crippen LogP contribution in [0.3, 0.4) is 0 Å². The topological polar surface area (TPSA) is 60.2 Å². The van der Waals surface area contributed by atoms with Crippen LogP contribution in [-0.4, -0.2) is 19.9 Å². The molecule has 4 heteroatoms. The summed E-state index contributed by atoms with van der Waals surface area (Å²) in [7, 11) is -2.83. The van der Waals surface area contributed by atoms with Crippen LogP contribution in [0.4, 0.5) is 0 Å². The van der Waals surface area contributed by atoms with Gasteiger partial charge in [0.25, 0.3) is 0 Å². The molecule has 1 aliphatic rings. The van der Waals surface area contributed by atoms with E-state index in [4.69, 9.17) is 5.73 Å². The molecule has 0 atom stereocenters. The second-order valence-corrected chi connectivity index (χ2v) is 6.22. The number of sulfone groups is 1. The Morgan fingerprint density at radius 3 is 2.38 bits per heavy atom. The molecule has 0 fully saturated rings. The fourth-order valence-corrected chi connectivity index (χ4v) is 2.95. The number of hydrogen-bond donors (Lipinski definition) is 1. The van der Waals surface area contributed by atoms with Crippen molar-refractivity contribution in [2.75, 3.05) is 11.5 Å². The van der Waals surface area contributed by atoms with Gasteiger partial charge in [0.05, 0.1) is 11.5 Å². The van der Waals surface area contributed by atoms with Crippen molar-refractivity contribution in [1.82, 2.24) is 0 Å². The van der Waals surface area contributed by atoms with Crippen LogP contribution in [-0.2, 0) is 16.4 Å². The Balaban J connectivity index is 2.22. The third-order valence-electron chi connectivity index (χ3n) is 2.83. The van der Waals surface area contributed by atoms with E-state index in [1.807, 2.05) is 30.3 Å². The molecule has 0 amide bonds. The highest BCUT2D eigenvalue weighted by Crippen LogP contribution is 2.23. The molecule has 1 aromatic carbocycles. The smallest absolute Gasteiger partial charge is 0.154 e. The van der Waals surface area contributed by atoms with Gasteiger partial charge in [-0.3, -0.25) is 0 Å². The Morgan fingerprint density at radius 2 is 1.88 bits per heavy atom. The van der Waals surface area contributed by atoms with Gasteiger partial charge in [-0.1, -0.05) is 30.3 Å². The molecule has 0 unspecified atom stereocenters. The van der Waals surface area contributed by atoms with E-state index in [1.54, 1.807) is 0 Å². The molecule has 0 aromatic heterocycles. The van der Waals surface area contributed by atoms with Crippen LogP contribution in [0, 0.1) is 0 Å². The van der Waals surface area contributed by atoms with E-state index >= 15 is 0 Å². The van der Waals surface area contributed by atoms with E-state index in [9.17, 15) is 8.42 Å². The molecule has 0 aliphatic carbocycles. The van der Waals surface area contributed by atoms with Crippen molar-refractivity contribution in [3.8, 4) is 0 Å². The summed E-state index contributed by atoms with van der Waals surface area (Å²) in [5, 5.41) is 0. The minimum atomic E-state index is -2.83. The van der Waals surface area contributed by atoms with Crippen LogP contribution in [0.15, 0.2) is 30.3 Å². The molecule has 0 saturated carbocycles. The highest BCUT2D eigenvalue weighted by atomic mass is 32.2. The average molecular weight is 237 g/mol. The molecule has 2 rings (SSSR count). The molecular formula is C12H15NO2S. The summed E-state index contributed by atoms with van der Waals surface area (Å²) in [6, 6.07) is 7.98. The zero-order valence-electron chi connectivity index (χ0n) is 9.02. The van der Waals surface area contributed by atoms with Crippen LogP contribution in [0.25, 0.3) is 5.57 Å². The summed E-state index contributed by atoms with van der Waals surface area (Å²) in [4.78, 5) is 0. The molecule has 0 spiro atoms. The van der Waals surface area contributed by atoms with Gasteiger partial charge in [0.1, 0.15) is 0 Å². The number of allylic oxidation sites excluding steroid dienone is 1. The van der Waals surface area contributed by atoms with Gasteiger partial charge >= 0.3 is 0 Å². The number of hydrogen-bond acceptors (Lipinski definition) is 3. The van der Waals surface area contributed by atoms with Crippen LogP contribution < -0.4 is 5.73 Å². The van der Waals surface area contributed by atoms with Gasteiger partial charge in [0, 0.05) is 6.54 Å². The molecule has 2 N–H and O–H groups in total. The molecule has 3 nitrogen and oxygen atoms in total. The average Bonchev–Trinajstić information content (AvgIpc) is 2.29. The van der Waals surface area contributed by atoms with Crippen LogP contribution >= 0.6 is 0 Å². The van der Waals surface area contributed by atoms with Gasteiger partial charge < -0.3 is 5.73 Å². The van der Waals surface area contributed by atoms with Crippen molar-refractivity contribution < 1.29 is 8.42 Å². The lowest BCUT2D eigenvalue weighted by Crippen LogP contribution is -2.14. The first-order valence-electron chi connectivity index (χ1n) is 5.29. The minimum absolute atomic E-state index is 0.168. The highest BCUT2D eigenvalue weighted by molar-refractivity contribution is 7.91. The summed E-state index contributed by atoms with van der Waals surface area (Å²) in [5.41, 5.74) is 8.84.